The van der Waals surface area contributed by atoms with E-state index in [0.717, 1.165) is 18.2 Å². The van der Waals surface area contributed by atoms with Crippen molar-refractivity contribution in [2.24, 2.45) is 5.73 Å². The molecule has 124 valence electrons. The summed E-state index contributed by atoms with van der Waals surface area (Å²) in [7, 11) is 1.20. The standard InChI is InChI=1S/C12H14F2N2O5.ClH/c1-3-21-11(17)12(13,14)10(15)7-4-5-9(20-2)8(6-7)16(18)19;/h4-6,10H,3,15H2,1-2H3;1H/t10-;/m1./s1. The van der Waals surface area contributed by atoms with E-state index in [2.05, 4.69) is 4.74 Å². The van der Waals surface area contributed by atoms with Gasteiger partial charge in [-0.3, -0.25) is 10.1 Å². The number of carbonyl (C=O) groups is 1. The van der Waals surface area contributed by atoms with Crippen LogP contribution in [0, 0.1) is 10.1 Å². The highest BCUT2D eigenvalue weighted by Crippen LogP contribution is 2.35. The largest absolute Gasteiger partial charge is 0.490 e. The van der Waals surface area contributed by atoms with Crippen LogP contribution in [-0.4, -0.2) is 30.5 Å². The number of ether oxygens (including phenoxy) is 2. The molecule has 1 atom stereocenters. The lowest BCUT2D eigenvalue weighted by Crippen LogP contribution is -2.41. The lowest BCUT2D eigenvalue weighted by atomic mass is 10.0. The molecule has 0 fully saturated rings. The van der Waals surface area contributed by atoms with Crippen molar-refractivity contribution in [3.8, 4) is 5.75 Å². The molecule has 0 aliphatic rings. The summed E-state index contributed by atoms with van der Waals surface area (Å²) in [4.78, 5) is 21.3. The average molecular weight is 341 g/mol. The molecule has 0 aliphatic carbocycles. The normalized spacial score (nSPS) is 12.0. The van der Waals surface area contributed by atoms with Crippen LogP contribution in [0.4, 0.5) is 14.5 Å². The molecule has 0 radical (unpaired) electrons. The Morgan fingerprint density at radius 2 is 2.09 bits per heavy atom. The predicted octanol–water partition coefficient (Wildman–Crippen LogP) is 2.22. The fraction of sp³-hybridized carbons (Fsp3) is 0.417. The van der Waals surface area contributed by atoms with Crippen molar-refractivity contribution in [1.82, 2.24) is 0 Å². The SMILES string of the molecule is CCOC(=O)C(F)(F)[C@H](N)c1ccc(OC)c([N+](=O)[O-])c1.Cl. The maximum absolute atomic E-state index is 13.8. The van der Waals surface area contributed by atoms with Gasteiger partial charge in [-0.15, -0.1) is 12.4 Å². The molecule has 2 N–H and O–H groups in total. The second-order valence-corrected chi connectivity index (χ2v) is 4.01. The van der Waals surface area contributed by atoms with Gasteiger partial charge in [0.1, 0.15) is 6.04 Å². The molecule has 1 rings (SSSR count). The molecule has 0 aliphatic heterocycles. The molecule has 0 aromatic heterocycles. The number of nitro groups is 1. The number of esters is 1. The third-order valence-electron chi connectivity index (χ3n) is 2.70. The summed E-state index contributed by atoms with van der Waals surface area (Å²) >= 11 is 0. The zero-order chi connectivity index (χ0) is 16.2. The van der Waals surface area contributed by atoms with Crippen molar-refractivity contribution in [1.29, 1.82) is 0 Å². The molecular weight excluding hydrogens is 326 g/mol. The average Bonchev–Trinajstić information content (AvgIpc) is 2.45. The highest BCUT2D eigenvalue weighted by Gasteiger charge is 2.48. The van der Waals surface area contributed by atoms with E-state index in [1.54, 1.807) is 0 Å². The molecule has 0 saturated heterocycles. The number of nitro benzene ring substituents is 1. The van der Waals surface area contributed by atoms with Crippen molar-refractivity contribution in [3.05, 3.63) is 33.9 Å². The highest BCUT2D eigenvalue weighted by atomic mass is 35.5. The van der Waals surface area contributed by atoms with E-state index >= 15 is 0 Å². The monoisotopic (exact) mass is 340 g/mol. The first-order chi connectivity index (χ1) is 9.75. The molecule has 1 aromatic rings. The molecule has 7 nitrogen and oxygen atoms in total. The van der Waals surface area contributed by atoms with Gasteiger partial charge in [0.25, 0.3) is 0 Å². The summed E-state index contributed by atoms with van der Waals surface area (Å²) in [5.41, 5.74) is 4.55. The van der Waals surface area contributed by atoms with E-state index in [0.29, 0.717) is 0 Å². The fourth-order valence-electron chi connectivity index (χ4n) is 1.61. The molecular formula is C12H15ClF2N2O5. The van der Waals surface area contributed by atoms with Gasteiger partial charge in [0, 0.05) is 6.07 Å². The molecule has 0 spiro atoms. The Bertz CT molecular complexity index is 556. The smallest absolute Gasteiger partial charge is 0.379 e. The van der Waals surface area contributed by atoms with Gasteiger partial charge in [0.2, 0.25) is 0 Å². The van der Waals surface area contributed by atoms with Gasteiger partial charge in [-0.05, 0) is 18.6 Å². The van der Waals surface area contributed by atoms with Crippen molar-refractivity contribution < 1.29 is 28.0 Å². The van der Waals surface area contributed by atoms with E-state index in [1.165, 1.54) is 14.0 Å². The molecule has 0 bridgehead atoms. The fourth-order valence-corrected chi connectivity index (χ4v) is 1.61. The Morgan fingerprint density at radius 1 is 1.50 bits per heavy atom. The van der Waals surface area contributed by atoms with Crippen LogP contribution in [0.2, 0.25) is 0 Å². The number of nitrogens with zero attached hydrogens (tertiary/aromatic N) is 1. The van der Waals surface area contributed by atoms with Crippen molar-refractivity contribution in [2.45, 2.75) is 18.9 Å². The van der Waals surface area contributed by atoms with Crippen LogP contribution in [0.5, 0.6) is 5.75 Å². The third kappa shape index (κ3) is 4.01. The Kier molecular flexibility index (Phi) is 7.14. The van der Waals surface area contributed by atoms with Gasteiger partial charge in [-0.1, -0.05) is 6.07 Å². The lowest BCUT2D eigenvalue weighted by molar-refractivity contribution is -0.385. The van der Waals surface area contributed by atoms with E-state index < -0.39 is 28.5 Å². The van der Waals surface area contributed by atoms with E-state index in [9.17, 15) is 23.7 Å². The topological polar surface area (TPSA) is 105 Å². The number of alkyl halides is 2. The predicted molar refractivity (Wildman–Crippen MR) is 75.4 cm³/mol. The number of rotatable bonds is 6. The van der Waals surface area contributed by atoms with Gasteiger partial charge in [0.15, 0.2) is 5.75 Å². The number of benzene rings is 1. The van der Waals surface area contributed by atoms with Crippen molar-refractivity contribution >= 4 is 24.1 Å². The van der Waals surface area contributed by atoms with Crippen LogP contribution in [0.25, 0.3) is 0 Å². The van der Waals surface area contributed by atoms with Gasteiger partial charge in [-0.2, -0.15) is 8.78 Å². The summed E-state index contributed by atoms with van der Waals surface area (Å²) in [6, 6.07) is 1.04. The molecule has 0 heterocycles. The first-order valence-corrected chi connectivity index (χ1v) is 5.88. The molecule has 10 heteroatoms. The second-order valence-electron chi connectivity index (χ2n) is 4.01. The maximum Gasteiger partial charge on any atom is 0.379 e. The van der Waals surface area contributed by atoms with E-state index in [4.69, 9.17) is 10.5 Å². The number of carbonyl (C=O) groups excluding carboxylic acids is 1. The first-order valence-electron chi connectivity index (χ1n) is 5.88. The van der Waals surface area contributed by atoms with Crippen LogP contribution >= 0.6 is 12.4 Å². The zero-order valence-electron chi connectivity index (χ0n) is 11.7. The molecule has 0 unspecified atom stereocenters. The Labute approximate surface area is 130 Å². The number of hydrogen-bond acceptors (Lipinski definition) is 6. The summed E-state index contributed by atoms with van der Waals surface area (Å²) in [5.74, 6) is -5.88. The van der Waals surface area contributed by atoms with Crippen LogP contribution in [-0.2, 0) is 9.53 Å². The summed E-state index contributed by atoms with van der Waals surface area (Å²) in [6.07, 6.45) is 0. The minimum atomic E-state index is -4.00. The minimum absolute atomic E-state index is 0. The summed E-state index contributed by atoms with van der Waals surface area (Å²) < 4.78 is 36.6. The van der Waals surface area contributed by atoms with Crippen molar-refractivity contribution in [2.75, 3.05) is 13.7 Å². The molecule has 0 amide bonds. The van der Waals surface area contributed by atoms with Crippen LogP contribution in [0.3, 0.4) is 0 Å². The first kappa shape index (κ1) is 20.0. The summed E-state index contributed by atoms with van der Waals surface area (Å²) in [5, 5.41) is 10.8. The number of methoxy groups -OCH3 is 1. The Balaban J connectivity index is 0.00000441. The summed E-state index contributed by atoms with van der Waals surface area (Å²) in [6.45, 7) is 1.14. The van der Waals surface area contributed by atoms with Gasteiger partial charge < -0.3 is 15.2 Å². The molecule has 22 heavy (non-hydrogen) atoms. The minimum Gasteiger partial charge on any atom is -0.490 e. The van der Waals surface area contributed by atoms with Gasteiger partial charge >= 0.3 is 17.6 Å². The maximum atomic E-state index is 13.8. The van der Waals surface area contributed by atoms with Crippen LogP contribution in [0.15, 0.2) is 18.2 Å². The van der Waals surface area contributed by atoms with Gasteiger partial charge in [0.05, 0.1) is 18.6 Å². The van der Waals surface area contributed by atoms with Crippen molar-refractivity contribution in [3.63, 3.8) is 0 Å². The van der Waals surface area contributed by atoms with E-state index in [1.807, 2.05) is 0 Å². The zero-order valence-corrected chi connectivity index (χ0v) is 12.6. The molecule has 1 aromatic carbocycles. The quantitative estimate of drug-likeness (QED) is 0.483. The lowest BCUT2D eigenvalue weighted by Gasteiger charge is -2.21. The molecule has 0 saturated carbocycles. The van der Waals surface area contributed by atoms with Crippen LogP contribution < -0.4 is 10.5 Å². The van der Waals surface area contributed by atoms with Gasteiger partial charge in [-0.25, -0.2) is 4.79 Å². The second kappa shape index (κ2) is 7.85. The van der Waals surface area contributed by atoms with Crippen LogP contribution in [0.1, 0.15) is 18.5 Å². The number of nitrogens with two attached hydrogens (primary N) is 1. The Hall–Kier alpha value is -2.00. The Morgan fingerprint density at radius 3 is 2.55 bits per heavy atom. The number of halogens is 3. The highest BCUT2D eigenvalue weighted by molar-refractivity contribution is 5.85. The van der Waals surface area contributed by atoms with E-state index in [-0.39, 0.29) is 30.3 Å². The third-order valence-corrected chi connectivity index (χ3v) is 2.70. The number of hydrogen-bond donors (Lipinski definition) is 1.